The molecule has 0 fully saturated rings. The number of rotatable bonds is 23. The largest absolute Gasteiger partial charge is 0.487 e. The van der Waals surface area contributed by atoms with Crippen molar-refractivity contribution in [1.82, 2.24) is 34.8 Å². The van der Waals surface area contributed by atoms with E-state index in [-0.39, 0.29) is 63.1 Å². The lowest BCUT2D eigenvalue weighted by Gasteiger charge is -2.23. The summed E-state index contributed by atoms with van der Waals surface area (Å²) in [6.45, 7) is 0.265. The first-order valence-electron chi connectivity index (χ1n) is 16.1. The van der Waals surface area contributed by atoms with Gasteiger partial charge in [0.2, 0.25) is 0 Å². The van der Waals surface area contributed by atoms with Crippen LogP contribution in [0.1, 0.15) is 43.6 Å². The summed E-state index contributed by atoms with van der Waals surface area (Å²) in [5.74, 6) is -4.60. The molecule has 19 heteroatoms. The number of aliphatic carboxylic acids is 2. The van der Waals surface area contributed by atoms with Crippen molar-refractivity contribution in [3.05, 3.63) is 94.8 Å². The van der Waals surface area contributed by atoms with Gasteiger partial charge in [0.05, 0.1) is 54.7 Å². The van der Waals surface area contributed by atoms with Crippen LogP contribution in [-0.2, 0) is 47.0 Å². The standard InChI is InChI=1S/C34H36N8O10S/c43-31(44)19-41(20-32(45)46)11-13-51-12-10-40(16-25-2-1-3-29(36-25)33(47)48)17-26-14-28(15-30(37-26)34(49)50)52-21-27-18-42(39-38-27)9-8-23-4-6-24(7-5-23)35-22-53/h1-7,14-15,18H,8-13,16-17,19-21H2,(H,43,44)(H,45,46)(H,47,48)(H,49,50). The quantitative estimate of drug-likeness (QED) is 0.0484. The van der Waals surface area contributed by atoms with Crippen LogP contribution in [0.5, 0.6) is 5.75 Å². The molecule has 0 atom stereocenters. The molecule has 0 aliphatic rings. The molecule has 0 aliphatic heterocycles. The molecule has 0 unspecified atom stereocenters. The Kier molecular flexibility index (Phi) is 15.1. The van der Waals surface area contributed by atoms with Gasteiger partial charge in [-0.2, -0.15) is 4.99 Å². The zero-order valence-corrected chi connectivity index (χ0v) is 29.1. The van der Waals surface area contributed by atoms with Crippen LogP contribution in [-0.4, -0.2) is 124 Å². The number of nitrogens with zero attached hydrogens (tertiary/aromatic N) is 8. The average molecular weight is 749 g/mol. The second-order valence-corrected chi connectivity index (χ2v) is 11.7. The Morgan fingerprint density at radius 2 is 1.47 bits per heavy atom. The molecule has 53 heavy (non-hydrogen) atoms. The van der Waals surface area contributed by atoms with Crippen LogP contribution in [0.4, 0.5) is 5.69 Å². The molecule has 278 valence electrons. The fourth-order valence-electron chi connectivity index (χ4n) is 4.98. The maximum atomic E-state index is 12.0. The highest BCUT2D eigenvalue weighted by Gasteiger charge is 2.17. The number of isothiocyanates is 1. The third-order valence-electron chi connectivity index (χ3n) is 7.40. The fourth-order valence-corrected chi connectivity index (χ4v) is 5.09. The van der Waals surface area contributed by atoms with Crippen LogP contribution in [0, 0.1) is 0 Å². The van der Waals surface area contributed by atoms with Gasteiger partial charge < -0.3 is 29.9 Å². The third-order valence-corrected chi connectivity index (χ3v) is 7.49. The smallest absolute Gasteiger partial charge is 0.354 e. The van der Waals surface area contributed by atoms with Gasteiger partial charge in [0.25, 0.3) is 0 Å². The van der Waals surface area contributed by atoms with Gasteiger partial charge in [-0.05, 0) is 48.5 Å². The molecule has 1 aromatic carbocycles. The summed E-state index contributed by atoms with van der Waals surface area (Å²) < 4.78 is 13.3. The van der Waals surface area contributed by atoms with Crippen LogP contribution in [0.15, 0.2) is 65.8 Å². The lowest BCUT2D eigenvalue weighted by Crippen LogP contribution is -2.37. The van der Waals surface area contributed by atoms with Crippen molar-refractivity contribution in [2.45, 2.75) is 32.7 Å². The van der Waals surface area contributed by atoms with Gasteiger partial charge in [-0.1, -0.05) is 23.4 Å². The molecule has 0 spiro atoms. The number of benzene rings is 1. The van der Waals surface area contributed by atoms with E-state index in [1.807, 2.05) is 29.2 Å². The number of ether oxygens (including phenoxy) is 2. The second-order valence-electron chi connectivity index (χ2n) is 11.5. The van der Waals surface area contributed by atoms with Crippen molar-refractivity contribution in [2.75, 3.05) is 39.4 Å². The van der Waals surface area contributed by atoms with E-state index in [0.29, 0.717) is 35.7 Å². The van der Waals surface area contributed by atoms with Gasteiger partial charge >= 0.3 is 23.9 Å². The number of aryl methyl sites for hydroxylation is 2. The van der Waals surface area contributed by atoms with Crippen LogP contribution >= 0.6 is 12.2 Å². The number of hydrogen-bond donors (Lipinski definition) is 4. The highest BCUT2D eigenvalue weighted by molar-refractivity contribution is 7.78. The molecule has 4 aromatic rings. The van der Waals surface area contributed by atoms with Crippen LogP contribution in [0.2, 0.25) is 0 Å². The van der Waals surface area contributed by atoms with Crippen molar-refractivity contribution >= 4 is 46.9 Å². The monoisotopic (exact) mass is 748 g/mol. The van der Waals surface area contributed by atoms with E-state index in [9.17, 15) is 29.4 Å². The summed E-state index contributed by atoms with van der Waals surface area (Å²) in [5, 5.41) is 47.9. The highest BCUT2D eigenvalue weighted by atomic mass is 32.1. The Morgan fingerprint density at radius 1 is 0.811 bits per heavy atom. The second kappa shape index (κ2) is 20.2. The molecular weight excluding hydrogens is 712 g/mol. The number of aromatic nitrogens is 5. The van der Waals surface area contributed by atoms with Gasteiger partial charge in [0, 0.05) is 44.9 Å². The lowest BCUT2D eigenvalue weighted by atomic mass is 10.1. The molecule has 4 rings (SSSR count). The number of pyridine rings is 2. The Labute approximate surface area is 308 Å². The summed E-state index contributed by atoms with van der Waals surface area (Å²) in [5.41, 5.74) is 2.63. The zero-order valence-electron chi connectivity index (χ0n) is 28.3. The number of aromatic carboxylic acids is 2. The molecule has 3 aromatic heterocycles. The number of thiocarbonyl (C=S) groups is 1. The van der Waals surface area contributed by atoms with E-state index in [2.05, 4.69) is 42.7 Å². The lowest BCUT2D eigenvalue weighted by molar-refractivity contribution is -0.142. The van der Waals surface area contributed by atoms with Crippen LogP contribution in [0.25, 0.3) is 0 Å². The number of carbonyl (C=O) groups is 4. The van der Waals surface area contributed by atoms with E-state index in [1.165, 1.54) is 17.0 Å². The highest BCUT2D eigenvalue weighted by Crippen LogP contribution is 2.19. The van der Waals surface area contributed by atoms with Crippen LogP contribution < -0.4 is 4.74 Å². The summed E-state index contributed by atoms with van der Waals surface area (Å²) in [4.78, 5) is 61.1. The molecule has 18 nitrogen and oxygen atoms in total. The van der Waals surface area contributed by atoms with E-state index in [4.69, 9.17) is 19.7 Å². The topological polar surface area (TPSA) is 243 Å². The Morgan fingerprint density at radius 3 is 2.13 bits per heavy atom. The van der Waals surface area contributed by atoms with E-state index < -0.39 is 37.0 Å². The van der Waals surface area contributed by atoms with Crippen molar-refractivity contribution in [1.29, 1.82) is 0 Å². The van der Waals surface area contributed by atoms with Gasteiger partial charge in [-0.3, -0.25) is 24.1 Å². The molecule has 0 bridgehead atoms. The molecule has 0 aliphatic carbocycles. The summed E-state index contributed by atoms with van der Waals surface area (Å²) in [6.07, 6.45) is 2.42. The zero-order chi connectivity index (χ0) is 38.2. The molecule has 0 saturated carbocycles. The van der Waals surface area contributed by atoms with Crippen molar-refractivity contribution in [2.24, 2.45) is 4.99 Å². The molecular formula is C34H36N8O10S. The van der Waals surface area contributed by atoms with Gasteiger partial charge in [-0.15, -0.1) is 5.10 Å². The Bertz CT molecular complexity index is 1920. The number of carboxylic acids is 4. The van der Waals surface area contributed by atoms with Crippen LogP contribution in [0.3, 0.4) is 0 Å². The van der Waals surface area contributed by atoms with Crippen molar-refractivity contribution in [3.8, 4) is 5.75 Å². The number of aliphatic imine (C=N–C) groups is 1. The Balaban J connectivity index is 1.41. The first-order chi connectivity index (χ1) is 25.5. The first kappa shape index (κ1) is 39.8. The Hall–Kier alpha value is -5.98. The minimum Gasteiger partial charge on any atom is -0.487 e. The molecule has 0 amide bonds. The van der Waals surface area contributed by atoms with Gasteiger partial charge in [0.1, 0.15) is 23.7 Å². The molecule has 0 radical (unpaired) electrons. The summed E-state index contributed by atoms with van der Waals surface area (Å²) >= 11 is 4.63. The van der Waals surface area contributed by atoms with E-state index >= 15 is 0 Å². The number of carboxylic acid groups (broad SMARTS) is 4. The fraction of sp³-hybridized carbons (Fsp3) is 0.324. The maximum absolute atomic E-state index is 12.0. The predicted octanol–water partition coefficient (Wildman–Crippen LogP) is 2.51. The predicted molar refractivity (Wildman–Crippen MR) is 188 cm³/mol. The van der Waals surface area contributed by atoms with Gasteiger partial charge in [-0.25, -0.2) is 19.6 Å². The summed E-state index contributed by atoms with van der Waals surface area (Å²) in [7, 11) is 0. The van der Waals surface area contributed by atoms with E-state index in [0.717, 1.165) is 5.56 Å². The summed E-state index contributed by atoms with van der Waals surface area (Å²) in [6, 6.07) is 15.0. The maximum Gasteiger partial charge on any atom is 0.354 e. The van der Waals surface area contributed by atoms with Crippen molar-refractivity contribution in [3.63, 3.8) is 0 Å². The van der Waals surface area contributed by atoms with Gasteiger partial charge in [0.15, 0.2) is 5.69 Å². The van der Waals surface area contributed by atoms with Crippen molar-refractivity contribution < 1.29 is 49.1 Å². The first-order valence-corrected chi connectivity index (χ1v) is 16.5. The average Bonchev–Trinajstić information content (AvgIpc) is 3.57. The number of hydrogen-bond acceptors (Lipinski definition) is 14. The third kappa shape index (κ3) is 13.9. The molecule has 4 N–H and O–H groups in total. The minimum atomic E-state index is -1.28. The normalized spacial score (nSPS) is 11.0. The minimum absolute atomic E-state index is 0.00296. The molecule has 3 heterocycles. The molecule has 0 saturated heterocycles. The van der Waals surface area contributed by atoms with E-state index in [1.54, 1.807) is 29.1 Å². The SMILES string of the molecule is O=C(O)CN(CCOCCN(Cc1cccc(C(=O)O)n1)Cc1cc(OCc2cn(CCc3ccc(N=C=S)cc3)nn2)cc(C(=O)O)n1)CC(=O)O.